The number of hydrogen-bond acceptors (Lipinski definition) is 4. The summed E-state index contributed by atoms with van der Waals surface area (Å²) in [5.74, 6) is 0. The van der Waals surface area contributed by atoms with E-state index in [0.29, 0.717) is 0 Å². The summed E-state index contributed by atoms with van der Waals surface area (Å²) < 4.78 is 0. The second kappa shape index (κ2) is 4.36. The maximum absolute atomic E-state index is 9.10. The maximum Gasteiger partial charge on any atom is 0.101 e. The fourth-order valence-corrected chi connectivity index (χ4v) is 2.29. The molecule has 2 rings (SSSR count). The topological polar surface area (TPSA) is 48.7 Å². The summed E-state index contributed by atoms with van der Waals surface area (Å²) in [6.07, 6.45) is 3.75. The van der Waals surface area contributed by atoms with Crippen molar-refractivity contribution in [3.63, 3.8) is 0 Å². The lowest BCUT2D eigenvalue weighted by Crippen LogP contribution is -2.23. The van der Waals surface area contributed by atoms with Gasteiger partial charge in [-0.1, -0.05) is 0 Å². The van der Waals surface area contributed by atoms with Crippen molar-refractivity contribution in [1.82, 2.24) is 10.3 Å². The molecule has 1 fully saturated rings. The van der Waals surface area contributed by atoms with Gasteiger partial charge in [0.2, 0.25) is 0 Å². The number of nitrogens with one attached hydrogen (secondary N) is 1. The minimum Gasteiger partial charge on any atom is -0.316 e. The van der Waals surface area contributed by atoms with Crippen LogP contribution in [0.1, 0.15) is 17.7 Å². The quantitative estimate of drug-likeness (QED) is 0.711. The largest absolute Gasteiger partial charge is 0.316 e. The Balaban J connectivity index is 2.32. The second-order valence-electron chi connectivity index (χ2n) is 3.21. The summed E-state index contributed by atoms with van der Waals surface area (Å²) in [6, 6.07) is 2.30. The van der Waals surface area contributed by atoms with Crippen LogP contribution < -0.4 is 5.32 Å². The van der Waals surface area contributed by atoms with Gasteiger partial charge < -0.3 is 5.32 Å². The lowest BCUT2D eigenvalue weighted by Gasteiger charge is -2.16. The van der Waals surface area contributed by atoms with Crippen molar-refractivity contribution in [1.29, 1.82) is 5.26 Å². The van der Waals surface area contributed by atoms with E-state index in [0.717, 1.165) is 36.4 Å². The normalized spacial score (nSPS) is 16.4. The molecule has 1 aliphatic rings. The maximum atomic E-state index is 9.10. The Labute approximate surface area is 87.1 Å². The molecule has 0 atom stereocenters. The minimum atomic E-state index is 0.842. The Morgan fingerprint density at radius 1 is 1.50 bits per heavy atom. The van der Waals surface area contributed by atoms with Crippen LogP contribution in [-0.4, -0.2) is 18.1 Å². The highest BCUT2D eigenvalue weighted by Gasteiger charge is 2.13. The number of thiazole rings is 1. The third kappa shape index (κ3) is 1.84. The molecule has 0 aromatic carbocycles. The zero-order valence-corrected chi connectivity index (χ0v) is 8.60. The SMILES string of the molecule is N#CC(=C1CCNCC1)c1cncs1. The molecule has 0 aliphatic carbocycles. The molecule has 14 heavy (non-hydrogen) atoms. The lowest BCUT2D eigenvalue weighted by molar-refractivity contribution is 0.612. The van der Waals surface area contributed by atoms with Gasteiger partial charge in [0.15, 0.2) is 0 Å². The molecule has 0 spiro atoms. The molecule has 3 nitrogen and oxygen atoms in total. The van der Waals surface area contributed by atoms with Gasteiger partial charge in [0.1, 0.15) is 6.07 Å². The molecule has 1 aromatic rings. The van der Waals surface area contributed by atoms with Gasteiger partial charge in [-0.3, -0.25) is 4.98 Å². The number of hydrogen-bond donors (Lipinski definition) is 1. The van der Waals surface area contributed by atoms with Crippen LogP contribution in [0, 0.1) is 11.3 Å². The lowest BCUT2D eigenvalue weighted by atomic mass is 9.99. The number of aromatic nitrogens is 1. The number of nitrogens with zero attached hydrogens (tertiary/aromatic N) is 2. The van der Waals surface area contributed by atoms with Gasteiger partial charge >= 0.3 is 0 Å². The fourth-order valence-electron chi connectivity index (χ4n) is 1.63. The summed E-state index contributed by atoms with van der Waals surface area (Å²) in [5.41, 5.74) is 3.89. The van der Waals surface area contributed by atoms with E-state index in [1.807, 2.05) is 0 Å². The van der Waals surface area contributed by atoms with Gasteiger partial charge in [-0.15, -0.1) is 11.3 Å². The standard InChI is InChI=1S/C10H11N3S/c11-5-9(10-6-13-7-14-10)8-1-3-12-4-2-8/h6-7,12H,1-4H2. The Bertz CT molecular complexity index is 365. The third-order valence-electron chi connectivity index (χ3n) is 2.35. The molecule has 2 heterocycles. The molecule has 0 unspecified atom stereocenters. The highest BCUT2D eigenvalue weighted by Crippen LogP contribution is 2.26. The number of allylic oxidation sites excluding steroid dienone is 1. The summed E-state index contributed by atoms with van der Waals surface area (Å²) in [6.45, 7) is 1.97. The predicted octanol–water partition coefficient (Wildman–Crippen LogP) is 1.80. The van der Waals surface area contributed by atoms with E-state index in [9.17, 15) is 0 Å². The molecule has 4 heteroatoms. The summed E-state index contributed by atoms with van der Waals surface area (Å²) in [5, 5.41) is 12.4. The van der Waals surface area contributed by atoms with Crippen molar-refractivity contribution in [3.05, 3.63) is 22.2 Å². The van der Waals surface area contributed by atoms with Crippen LogP contribution in [0.15, 0.2) is 17.3 Å². The average molecular weight is 205 g/mol. The first-order chi connectivity index (χ1) is 6.92. The number of rotatable bonds is 1. The molecular weight excluding hydrogens is 194 g/mol. The van der Waals surface area contributed by atoms with Crippen molar-refractivity contribution < 1.29 is 0 Å². The first kappa shape index (κ1) is 9.38. The first-order valence-electron chi connectivity index (χ1n) is 4.63. The van der Waals surface area contributed by atoms with Gasteiger partial charge in [-0.25, -0.2) is 0 Å². The van der Waals surface area contributed by atoms with Crippen LogP contribution in [0.5, 0.6) is 0 Å². The second-order valence-corrected chi connectivity index (χ2v) is 4.09. The van der Waals surface area contributed by atoms with E-state index in [2.05, 4.69) is 16.4 Å². The van der Waals surface area contributed by atoms with Crippen LogP contribution in [0.25, 0.3) is 5.57 Å². The molecule has 0 saturated carbocycles. The number of piperidine rings is 1. The Hall–Kier alpha value is -1.18. The average Bonchev–Trinajstić information content (AvgIpc) is 2.74. The van der Waals surface area contributed by atoms with E-state index in [1.165, 1.54) is 16.9 Å². The molecular formula is C10H11N3S. The van der Waals surface area contributed by atoms with Crippen molar-refractivity contribution in [2.24, 2.45) is 0 Å². The van der Waals surface area contributed by atoms with Crippen LogP contribution in [0.2, 0.25) is 0 Å². The zero-order valence-electron chi connectivity index (χ0n) is 7.79. The van der Waals surface area contributed by atoms with Gasteiger partial charge in [0.05, 0.1) is 16.0 Å². The van der Waals surface area contributed by atoms with Gasteiger partial charge in [0, 0.05) is 6.20 Å². The first-order valence-corrected chi connectivity index (χ1v) is 5.51. The summed E-state index contributed by atoms with van der Waals surface area (Å²) in [7, 11) is 0. The zero-order chi connectivity index (χ0) is 9.80. The van der Waals surface area contributed by atoms with Crippen molar-refractivity contribution >= 4 is 16.9 Å². The Morgan fingerprint density at radius 3 is 2.86 bits per heavy atom. The van der Waals surface area contributed by atoms with E-state index < -0.39 is 0 Å². The smallest absolute Gasteiger partial charge is 0.101 e. The van der Waals surface area contributed by atoms with E-state index >= 15 is 0 Å². The fraction of sp³-hybridized carbons (Fsp3) is 0.400. The molecule has 72 valence electrons. The van der Waals surface area contributed by atoms with Crippen molar-refractivity contribution in [3.8, 4) is 6.07 Å². The summed E-state index contributed by atoms with van der Waals surface area (Å²) >= 11 is 1.54. The van der Waals surface area contributed by atoms with Gasteiger partial charge in [-0.2, -0.15) is 5.26 Å². The Morgan fingerprint density at radius 2 is 2.29 bits per heavy atom. The predicted molar refractivity (Wildman–Crippen MR) is 56.8 cm³/mol. The van der Waals surface area contributed by atoms with Gasteiger partial charge in [-0.05, 0) is 31.5 Å². The monoisotopic (exact) mass is 205 g/mol. The van der Waals surface area contributed by atoms with E-state index in [1.54, 1.807) is 11.7 Å². The molecule has 1 N–H and O–H groups in total. The molecule has 0 bridgehead atoms. The summed E-state index contributed by atoms with van der Waals surface area (Å²) in [4.78, 5) is 5.01. The van der Waals surface area contributed by atoms with Crippen LogP contribution >= 0.6 is 11.3 Å². The molecule has 0 radical (unpaired) electrons. The highest BCUT2D eigenvalue weighted by molar-refractivity contribution is 7.10. The molecule has 0 amide bonds. The van der Waals surface area contributed by atoms with E-state index in [-0.39, 0.29) is 0 Å². The minimum absolute atomic E-state index is 0.842. The van der Waals surface area contributed by atoms with Crippen LogP contribution in [0.4, 0.5) is 0 Å². The van der Waals surface area contributed by atoms with Crippen LogP contribution in [0.3, 0.4) is 0 Å². The molecule has 1 aliphatic heterocycles. The molecule has 1 saturated heterocycles. The van der Waals surface area contributed by atoms with Crippen molar-refractivity contribution in [2.75, 3.05) is 13.1 Å². The highest BCUT2D eigenvalue weighted by atomic mass is 32.1. The van der Waals surface area contributed by atoms with E-state index in [4.69, 9.17) is 5.26 Å². The van der Waals surface area contributed by atoms with Crippen LogP contribution in [-0.2, 0) is 0 Å². The molecule has 1 aromatic heterocycles. The van der Waals surface area contributed by atoms with Crippen molar-refractivity contribution in [2.45, 2.75) is 12.8 Å². The Kier molecular flexibility index (Phi) is 2.92. The third-order valence-corrected chi connectivity index (χ3v) is 3.14. The number of nitriles is 1. The van der Waals surface area contributed by atoms with Gasteiger partial charge in [0.25, 0.3) is 0 Å².